The van der Waals surface area contributed by atoms with Gasteiger partial charge >= 0.3 is 5.97 Å². The summed E-state index contributed by atoms with van der Waals surface area (Å²) in [6.45, 7) is 4.19. The average molecular weight is 220 g/mol. The van der Waals surface area contributed by atoms with Crippen LogP contribution >= 0.6 is 0 Å². The minimum Gasteiger partial charge on any atom is -0.481 e. The first-order valence-corrected chi connectivity index (χ1v) is 5.85. The van der Waals surface area contributed by atoms with Gasteiger partial charge in [0.1, 0.15) is 0 Å². The summed E-state index contributed by atoms with van der Waals surface area (Å²) in [4.78, 5) is 10.7. The van der Waals surface area contributed by atoms with Gasteiger partial charge in [0.25, 0.3) is 0 Å². The molecule has 0 aliphatic rings. The van der Waals surface area contributed by atoms with Crippen molar-refractivity contribution in [2.75, 3.05) is 0 Å². The molecule has 1 aromatic carbocycles. The number of carbonyl (C=O) groups is 1. The first-order chi connectivity index (χ1) is 7.59. The van der Waals surface area contributed by atoms with Crippen LogP contribution in [0, 0.1) is 11.8 Å². The molecule has 0 saturated carbocycles. The van der Waals surface area contributed by atoms with E-state index >= 15 is 0 Å². The van der Waals surface area contributed by atoms with Gasteiger partial charge in [0, 0.05) is 6.42 Å². The highest BCUT2D eigenvalue weighted by molar-refractivity contribution is 5.67. The highest BCUT2D eigenvalue weighted by atomic mass is 16.4. The molecule has 0 aromatic heterocycles. The third kappa shape index (κ3) is 4.47. The van der Waals surface area contributed by atoms with E-state index in [1.54, 1.807) is 0 Å². The predicted molar refractivity (Wildman–Crippen MR) is 65.3 cm³/mol. The number of hydrogen-bond donors (Lipinski definition) is 1. The second-order valence-electron chi connectivity index (χ2n) is 4.63. The van der Waals surface area contributed by atoms with Crippen LogP contribution in [0.3, 0.4) is 0 Å². The predicted octanol–water partition coefficient (Wildman–Crippen LogP) is 3.37. The van der Waals surface area contributed by atoms with E-state index in [9.17, 15) is 4.79 Å². The average Bonchev–Trinajstić information content (AvgIpc) is 2.25. The molecule has 0 fully saturated rings. The maximum Gasteiger partial charge on any atom is 0.303 e. The third-order valence-corrected chi connectivity index (χ3v) is 3.03. The molecule has 2 heteroatoms. The van der Waals surface area contributed by atoms with E-state index in [0.717, 1.165) is 12.8 Å². The Labute approximate surface area is 97.3 Å². The van der Waals surface area contributed by atoms with Crippen LogP contribution in [0.4, 0.5) is 0 Å². The van der Waals surface area contributed by atoms with E-state index in [4.69, 9.17) is 5.11 Å². The maximum absolute atomic E-state index is 10.7. The molecule has 1 unspecified atom stereocenters. The Morgan fingerprint density at radius 3 is 2.38 bits per heavy atom. The molecule has 1 atom stereocenters. The molecule has 0 bridgehead atoms. The fourth-order valence-electron chi connectivity index (χ4n) is 1.89. The van der Waals surface area contributed by atoms with E-state index in [-0.39, 0.29) is 12.3 Å². The van der Waals surface area contributed by atoms with Gasteiger partial charge in [-0.05, 0) is 30.2 Å². The summed E-state index contributed by atoms with van der Waals surface area (Å²) < 4.78 is 0. The molecule has 0 aliphatic heterocycles. The smallest absolute Gasteiger partial charge is 0.303 e. The van der Waals surface area contributed by atoms with E-state index in [1.165, 1.54) is 5.56 Å². The van der Waals surface area contributed by atoms with Crippen molar-refractivity contribution in [1.29, 1.82) is 0 Å². The van der Waals surface area contributed by atoms with Gasteiger partial charge in [-0.15, -0.1) is 0 Å². The number of aryl methyl sites for hydroxylation is 1. The van der Waals surface area contributed by atoms with E-state index in [0.29, 0.717) is 5.92 Å². The minimum atomic E-state index is -0.688. The number of aliphatic carboxylic acids is 1. The zero-order valence-corrected chi connectivity index (χ0v) is 10.0. The van der Waals surface area contributed by atoms with Gasteiger partial charge in [-0.1, -0.05) is 44.2 Å². The highest BCUT2D eigenvalue weighted by Crippen LogP contribution is 2.21. The molecule has 16 heavy (non-hydrogen) atoms. The minimum absolute atomic E-state index is 0.276. The lowest BCUT2D eigenvalue weighted by Gasteiger charge is -2.18. The molecule has 0 aliphatic carbocycles. The lowest BCUT2D eigenvalue weighted by atomic mass is 9.87. The molecule has 1 N–H and O–H groups in total. The number of benzene rings is 1. The van der Waals surface area contributed by atoms with Crippen LogP contribution in [0.25, 0.3) is 0 Å². The first-order valence-electron chi connectivity index (χ1n) is 5.85. The van der Waals surface area contributed by atoms with Crippen LogP contribution in [0.15, 0.2) is 30.3 Å². The largest absolute Gasteiger partial charge is 0.481 e. The Hall–Kier alpha value is -1.31. The van der Waals surface area contributed by atoms with Gasteiger partial charge in [-0.3, -0.25) is 4.79 Å². The molecule has 1 rings (SSSR count). The summed E-state index contributed by atoms with van der Waals surface area (Å²) in [5, 5.41) is 8.83. The summed E-state index contributed by atoms with van der Waals surface area (Å²) >= 11 is 0. The molecule has 0 heterocycles. The summed E-state index contributed by atoms with van der Waals surface area (Å²) in [5.41, 5.74) is 1.29. The fraction of sp³-hybridized carbons (Fsp3) is 0.500. The van der Waals surface area contributed by atoms with Gasteiger partial charge < -0.3 is 5.11 Å². The third-order valence-electron chi connectivity index (χ3n) is 3.03. The highest BCUT2D eigenvalue weighted by Gasteiger charge is 2.16. The number of hydrogen-bond acceptors (Lipinski definition) is 1. The van der Waals surface area contributed by atoms with Crippen molar-refractivity contribution >= 4 is 5.97 Å². The molecule has 88 valence electrons. The van der Waals surface area contributed by atoms with Gasteiger partial charge in [0.15, 0.2) is 0 Å². The molecule has 1 aromatic rings. The van der Waals surface area contributed by atoms with Crippen molar-refractivity contribution < 1.29 is 9.90 Å². The Morgan fingerprint density at radius 1 is 1.25 bits per heavy atom. The van der Waals surface area contributed by atoms with Crippen molar-refractivity contribution in [1.82, 2.24) is 0 Å². The van der Waals surface area contributed by atoms with E-state index < -0.39 is 5.97 Å². The van der Waals surface area contributed by atoms with Crippen LogP contribution in [-0.2, 0) is 11.2 Å². The van der Waals surface area contributed by atoms with Crippen molar-refractivity contribution in [3.05, 3.63) is 35.9 Å². The Bertz CT molecular complexity index is 317. The zero-order valence-electron chi connectivity index (χ0n) is 10.0. The quantitative estimate of drug-likeness (QED) is 0.798. The molecule has 0 amide bonds. The van der Waals surface area contributed by atoms with Crippen molar-refractivity contribution in [2.24, 2.45) is 11.8 Å². The van der Waals surface area contributed by atoms with Crippen LogP contribution in [0.5, 0.6) is 0 Å². The summed E-state index contributed by atoms with van der Waals surface area (Å²) in [7, 11) is 0. The van der Waals surface area contributed by atoms with Crippen molar-refractivity contribution in [2.45, 2.75) is 33.1 Å². The van der Waals surface area contributed by atoms with E-state index in [1.807, 2.05) is 18.2 Å². The van der Waals surface area contributed by atoms with Crippen LogP contribution in [0.2, 0.25) is 0 Å². The second-order valence-corrected chi connectivity index (χ2v) is 4.63. The van der Waals surface area contributed by atoms with Gasteiger partial charge in [0.05, 0.1) is 0 Å². The van der Waals surface area contributed by atoms with Gasteiger partial charge in [0.2, 0.25) is 0 Å². The molecule has 2 nitrogen and oxygen atoms in total. The topological polar surface area (TPSA) is 37.3 Å². The van der Waals surface area contributed by atoms with Crippen LogP contribution in [-0.4, -0.2) is 11.1 Å². The Morgan fingerprint density at radius 2 is 1.88 bits per heavy atom. The summed E-state index contributed by atoms with van der Waals surface area (Å²) in [5.74, 6) is 0.0179. The summed E-state index contributed by atoms with van der Waals surface area (Å²) in [6.07, 6.45) is 2.20. The summed E-state index contributed by atoms with van der Waals surface area (Å²) in [6, 6.07) is 10.2. The number of carboxylic acid groups (broad SMARTS) is 1. The molecular formula is C14H20O2. The molecular weight excluding hydrogens is 200 g/mol. The van der Waals surface area contributed by atoms with Gasteiger partial charge in [-0.25, -0.2) is 0 Å². The maximum atomic E-state index is 10.7. The Kier molecular flexibility index (Phi) is 5.03. The van der Waals surface area contributed by atoms with Crippen molar-refractivity contribution in [3.8, 4) is 0 Å². The lowest BCUT2D eigenvalue weighted by Crippen LogP contribution is -2.14. The van der Waals surface area contributed by atoms with Crippen LogP contribution in [0.1, 0.15) is 32.3 Å². The molecule has 0 saturated heterocycles. The molecule has 0 radical (unpaired) electrons. The normalized spacial score (nSPS) is 12.7. The van der Waals surface area contributed by atoms with Gasteiger partial charge in [-0.2, -0.15) is 0 Å². The second kappa shape index (κ2) is 6.31. The Balaban J connectivity index is 2.47. The SMILES string of the molecule is CC(C)C(CCc1ccccc1)CC(=O)O. The number of rotatable bonds is 6. The monoisotopic (exact) mass is 220 g/mol. The fourth-order valence-corrected chi connectivity index (χ4v) is 1.89. The van der Waals surface area contributed by atoms with Crippen LogP contribution < -0.4 is 0 Å². The number of carboxylic acids is 1. The lowest BCUT2D eigenvalue weighted by molar-refractivity contribution is -0.138. The first kappa shape index (κ1) is 12.8. The zero-order chi connectivity index (χ0) is 12.0. The standard InChI is InChI=1S/C14H20O2/c1-11(2)13(10-14(15)16)9-8-12-6-4-3-5-7-12/h3-7,11,13H,8-10H2,1-2H3,(H,15,16). The molecule has 0 spiro atoms. The van der Waals surface area contributed by atoms with E-state index in [2.05, 4.69) is 26.0 Å². The van der Waals surface area contributed by atoms with Crippen molar-refractivity contribution in [3.63, 3.8) is 0 Å².